The van der Waals surface area contributed by atoms with Crippen LogP contribution >= 0.6 is 11.6 Å². The quantitative estimate of drug-likeness (QED) is 0.460. The van der Waals surface area contributed by atoms with Crippen LogP contribution in [-0.4, -0.2) is 24.5 Å². The van der Waals surface area contributed by atoms with E-state index in [2.05, 4.69) is 15.2 Å². The van der Waals surface area contributed by atoms with Crippen LogP contribution in [0.3, 0.4) is 0 Å². The summed E-state index contributed by atoms with van der Waals surface area (Å²) in [4.78, 5) is 4.55. The summed E-state index contributed by atoms with van der Waals surface area (Å²) in [6.07, 6.45) is -3.02. The number of alkyl halides is 3. The minimum atomic E-state index is -4.54. The second-order valence-corrected chi connectivity index (χ2v) is 7.33. The summed E-state index contributed by atoms with van der Waals surface area (Å²) in [5.74, 6) is 0. The third-order valence-electron chi connectivity index (χ3n) is 4.92. The molecule has 0 N–H and O–H groups in total. The average Bonchev–Trinajstić information content (AvgIpc) is 3.13. The maximum absolute atomic E-state index is 13.9. The number of aromatic nitrogens is 5. The standard InChI is InChI=1S/C20H17ClF3N5/c1-11-18-16(20(22,23)24)8-17(15-9-25-28(3)12(15)2)26-19(18)29(27-11)10-13-5-4-6-14(21)7-13/h4-9H,10H2,1-3H3. The maximum Gasteiger partial charge on any atom is 0.417 e. The fourth-order valence-electron chi connectivity index (χ4n) is 3.38. The Morgan fingerprint density at radius 3 is 2.52 bits per heavy atom. The second-order valence-electron chi connectivity index (χ2n) is 6.89. The molecule has 0 atom stereocenters. The highest BCUT2D eigenvalue weighted by molar-refractivity contribution is 6.30. The van der Waals surface area contributed by atoms with Gasteiger partial charge in [-0.05, 0) is 37.6 Å². The Morgan fingerprint density at radius 2 is 1.90 bits per heavy atom. The smallest absolute Gasteiger partial charge is 0.272 e. The molecule has 4 aromatic rings. The van der Waals surface area contributed by atoms with Crippen LogP contribution in [-0.2, 0) is 19.8 Å². The molecule has 5 nitrogen and oxygen atoms in total. The van der Waals surface area contributed by atoms with E-state index in [0.717, 1.165) is 17.3 Å². The molecule has 29 heavy (non-hydrogen) atoms. The van der Waals surface area contributed by atoms with E-state index >= 15 is 0 Å². The molecule has 0 unspecified atom stereocenters. The SMILES string of the molecule is Cc1nn(Cc2cccc(Cl)c2)c2nc(-c3cnn(C)c3C)cc(C(F)(F)F)c12. The van der Waals surface area contributed by atoms with Gasteiger partial charge in [0.05, 0.1) is 35.1 Å². The van der Waals surface area contributed by atoms with Crippen molar-refractivity contribution in [2.24, 2.45) is 7.05 Å². The lowest BCUT2D eigenvalue weighted by Gasteiger charge is -2.12. The minimum Gasteiger partial charge on any atom is -0.272 e. The summed E-state index contributed by atoms with van der Waals surface area (Å²) in [6, 6.07) is 8.19. The lowest BCUT2D eigenvalue weighted by atomic mass is 10.1. The highest BCUT2D eigenvalue weighted by Crippen LogP contribution is 2.38. The highest BCUT2D eigenvalue weighted by Gasteiger charge is 2.36. The van der Waals surface area contributed by atoms with Gasteiger partial charge in [0.1, 0.15) is 0 Å². The molecule has 0 aliphatic heterocycles. The molecule has 3 aromatic heterocycles. The van der Waals surface area contributed by atoms with Crippen LogP contribution in [0.2, 0.25) is 5.02 Å². The average molecular weight is 420 g/mol. The predicted molar refractivity (Wildman–Crippen MR) is 105 cm³/mol. The molecule has 0 fully saturated rings. The summed E-state index contributed by atoms with van der Waals surface area (Å²) in [7, 11) is 1.73. The first-order valence-corrected chi connectivity index (χ1v) is 9.21. The predicted octanol–water partition coefficient (Wildman–Crippen LogP) is 5.17. The molecule has 9 heteroatoms. The minimum absolute atomic E-state index is 0.00446. The van der Waals surface area contributed by atoms with Gasteiger partial charge in [0.15, 0.2) is 5.65 Å². The van der Waals surface area contributed by atoms with Crippen LogP contribution < -0.4 is 0 Å². The van der Waals surface area contributed by atoms with E-state index in [1.54, 1.807) is 43.8 Å². The molecule has 0 saturated carbocycles. The Labute approximate surface area is 169 Å². The zero-order valence-electron chi connectivity index (χ0n) is 15.9. The third-order valence-corrected chi connectivity index (χ3v) is 5.15. The van der Waals surface area contributed by atoms with E-state index in [-0.39, 0.29) is 29.0 Å². The molecule has 4 rings (SSSR count). The summed E-state index contributed by atoms with van der Waals surface area (Å²) in [5, 5.41) is 9.02. The second kappa shape index (κ2) is 6.88. The first-order chi connectivity index (χ1) is 13.6. The third kappa shape index (κ3) is 3.48. The molecule has 0 amide bonds. The lowest BCUT2D eigenvalue weighted by molar-refractivity contribution is -0.136. The van der Waals surface area contributed by atoms with Gasteiger partial charge < -0.3 is 0 Å². The molecule has 0 aliphatic rings. The first-order valence-electron chi connectivity index (χ1n) is 8.84. The Kier molecular flexibility index (Phi) is 4.61. The zero-order chi connectivity index (χ0) is 20.9. The molecular weight excluding hydrogens is 403 g/mol. The van der Waals surface area contributed by atoms with Crippen molar-refractivity contribution in [3.8, 4) is 11.3 Å². The Hall–Kier alpha value is -2.87. The molecular formula is C20H17ClF3N5. The lowest BCUT2D eigenvalue weighted by Crippen LogP contribution is -2.09. The number of benzene rings is 1. The van der Waals surface area contributed by atoms with Gasteiger partial charge in [0.25, 0.3) is 0 Å². The number of aryl methyl sites for hydroxylation is 2. The van der Waals surface area contributed by atoms with E-state index in [9.17, 15) is 13.2 Å². The Balaban J connectivity index is 1.97. The maximum atomic E-state index is 13.9. The van der Waals surface area contributed by atoms with E-state index in [1.165, 1.54) is 10.9 Å². The van der Waals surface area contributed by atoms with Gasteiger partial charge in [0, 0.05) is 23.3 Å². The molecule has 150 valence electrons. The van der Waals surface area contributed by atoms with E-state index in [4.69, 9.17) is 11.6 Å². The van der Waals surface area contributed by atoms with Crippen molar-refractivity contribution >= 4 is 22.6 Å². The molecule has 0 spiro atoms. The van der Waals surface area contributed by atoms with Crippen molar-refractivity contribution in [2.75, 3.05) is 0 Å². The summed E-state index contributed by atoms with van der Waals surface area (Å²) in [6.45, 7) is 3.60. The number of rotatable bonds is 3. The largest absolute Gasteiger partial charge is 0.417 e. The number of halogens is 4. The van der Waals surface area contributed by atoms with Gasteiger partial charge in [-0.1, -0.05) is 23.7 Å². The summed E-state index contributed by atoms with van der Waals surface area (Å²) in [5.41, 5.74) is 2.00. The normalized spacial score (nSPS) is 12.1. The van der Waals surface area contributed by atoms with Gasteiger partial charge in [0.2, 0.25) is 0 Å². The summed E-state index contributed by atoms with van der Waals surface area (Å²) < 4.78 is 44.7. The molecule has 0 radical (unpaired) electrons. The van der Waals surface area contributed by atoms with Crippen LogP contribution in [0.4, 0.5) is 13.2 Å². The fourth-order valence-corrected chi connectivity index (χ4v) is 3.60. The number of hydrogen-bond acceptors (Lipinski definition) is 3. The number of nitrogens with zero attached hydrogens (tertiary/aromatic N) is 5. The number of pyridine rings is 1. The van der Waals surface area contributed by atoms with Crippen LogP contribution in [0.15, 0.2) is 36.5 Å². The number of fused-ring (bicyclic) bond motifs is 1. The van der Waals surface area contributed by atoms with E-state index < -0.39 is 11.7 Å². The summed E-state index contributed by atoms with van der Waals surface area (Å²) >= 11 is 6.04. The topological polar surface area (TPSA) is 48.5 Å². The van der Waals surface area contributed by atoms with Crippen LogP contribution in [0, 0.1) is 13.8 Å². The molecule has 1 aromatic carbocycles. The Morgan fingerprint density at radius 1 is 1.14 bits per heavy atom. The van der Waals surface area contributed by atoms with Crippen LogP contribution in [0.25, 0.3) is 22.3 Å². The van der Waals surface area contributed by atoms with Gasteiger partial charge in [-0.2, -0.15) is 23.4 Å². The van der Waals surface area contributed by atoms with Crippen molar-refractivity contribution in [1.29, 1.82) is 0 Å². The van der Waals surface area contributed by atoms with Crippen molar-refractivity contribution in [3.63, 3.8) is 0 Å². The van der Waals surface area contributed by atoms with Crippen LogP contribution in [0.1, 0.15) is 22.5 Å². The monoisotopic (exact) mass is 419 g/mol. The van der Waals surface area contributed by atoms with Crippen molar-refractivity contribution in [3.05, 3.63) is 64.1 Å². The number of hydrogen-bond donors (Lipinski definition) is 0. The highest BCUT2D eigenvalue weighted by atomic mass is 35.5. The molecule has 0 saturated heterocycles. The first kappa shape index (κ1) is 19.4. The molecule has 3 heterocycles. The van der Waals surface area contributed by atoms with Crippen molar-refractivity contribution in [1.82, 2.24) is 24.5 Å². The van der Waals surface area contributed by atoms with Gasteiger partial charge >= 0.3 is 6.18 Å². The molecule has 0 aliphatic carbocycles. The Bertz CT molecular complexity index is 1220. The van der Waals surface area contributed by atoms with Crippen LogP contribution in [0.5, 0.6) is 0 Å². The van der Waals surface area contributed by atoms with Gasteiger partial charge in [-0.15, -0.1) is 0 Å². The fraction of sp³-hybridized carbons (Fsp3) is 0.250. The van der Waals surface area contributed by atoms with E-state index in [0.29, 0.717) is 10.6 Å². The van der Waals surface area contributed by atoms with Crippen molar-refractivity contribution in [2.45, 2.75) is 26.6 Å². The van der Waals surface area contributed by atoms with Crippen molar-refractivity contribution < 1.29 is 13.2 Å². The zero-order valence-corrected chi connectivity index (χ0v) is 16.7. The van der Waals surface area contributed by atoms with E-state index in [1.807, 2.05) is 6.07 Å². The van der Waals surface area contributed by atoms with Gasteiger partial charge in [-0.25, -0.2) is 9.67 Å². The molecule has 0 bridgehead atoms. The van der Waals surface area contributed by atoms with Gasteiger partial charge in [-0.3, -0.25) is 4.68 Å².